The van der Waals surface area contributed by atoms with Crippen LogP contribution in [0.25, 0.3) is 10.8 Å². The predicted octanol–water partition coefficient (Wildman–Crippen LogP) is 4.26. The number of amides is 2. The number of anilines is 2. The summed E-state index contributed by atoms with van der Waals surface area (Å²) in [4.78, 5) is 12.3. The summed E-state index contributed by atoms with van der Waals surface area (Å²) in [7, 11) is 0. The number of hydrogen-bond donors (Lipinski definition) is 2. The van der Waals surface area contributed by atoms with Crippen LogP contribution in [0, 0.1) is 0 Å². The zero-order valence-corrected chi connectivity index (χ0v) is 12.9. The Morgan fingerprint density at radius 2 is 1.62 bits per heavy atom. The summed E-state index contributed by atoms with van der Waals surface area (Å²) in [5, 5.41) is 7.79. The lowest BCUT2D eigenvalue weighted by atomic mass is 10.1. The summed E-state index contributed by atoms with van der Waals surface area (Å²) in [6, 6.07) is 18.8. The van der Waals surface area contributed by atoms with E-state index in [-0.39, 0.29) is 6.03 Å². The summed E-state index contributed by atoms with van der Waals surface area (Å²) >= 11 is 0. The molecule has 5 heteroatoms. The number of fused-ring (bicyclic) bond motifs is 2. The standard InChI is InChI=1S/C19H16N2O3/c22-19(20-14-8-9-17-18(12-14)24-11-10-23-17)21-16-7-3-5-13-4-1-2-6-15(13)16/h1-9,12H,10-11H2,(H2,20,21,22). The third-order valence-corrected chi connectivity index (χ3v) is 3.84. The lowest BCUT2D eigenvalue weighted by Gasteiger charge is -2.19. The number of rotatable bonds is 2. The van der Waals surface area contributed by atoms with Crippen LogP contribution in [0.2, 0.25) is 0 Å². The van der Waals surface area contributed by atoms with Gasteiger partial charge < -0.3 is 20.1 Å². The van der Waals surface area contributed by atoms with Crippen molar-refractivity contribution in [3.05, 3.63) is 60.7 Å². The monoisotopic (exact) mass is 320 g/mol. The van der Waals surface area contributed by atoms with Crippen LogP contribution in [0.3, 0.4) is 0 Å². The number of carbonyl (C=O) groups is 1. The van der Waals surface area contributed by atoms with Crippen molar-refractivity contribution in [1.29, 1.82) is 0 Å². The molecule has 0 spiro atoms. The largest absolute Gasteiger partial charge is 0.486 e. The van der Waals surface area contributed by atoms with Crippen molar-refractivity contribution >= 4 is 28.2 Å². The Labute approximate surface area is 139 Å². The summed E-state index contributed by atoms with van der Waals surface area (Å²) in [6.07, 6.45) is 0. The highest BCUT2D eigenvalue weighted by molar-refractivity contribution is 6.06. The van der Waals surface area contributed by atoms with Crippen molar-refractivity contribution in [3.8, 4) is 11.5 Å². The maximum absolute atomic E-state index is 12.3. The van der Waals surface area contributed by atoms with E-state index in [1.807, 2.05) is 42.5 Å². The molecule has 1 heterocycles. The van der Waals surface area contributed by atoms with E-state index in [4.69, 9.17) is 9.47 Å². The Balaban J connectivity index is 1.52. The predicted molar refractivity (Wildman–Crippen MR) is 94.0 cm³/mol. The van der Waals surface area contributed by atoms with Crippen molar-refractivity contribution in [2.75, 3.05) is 23.8 Å². The fourth-order valence-electron chi connectivity index (χ4n) is 2.74. The van der Waals surface area contributed by atoms with Crippen LogP contribution < -0.4 is 20.1 Å². The molecule has 3 aromatic rings. The van der Waals surface area contributed by atoms with Gasteiger partial charge in [-0.1, -0.05) is 36.4 Å². The van der Waals surface area contributed by atoms with E-state index < -0.39 is 0 Å². The molecule has 24 heavy (non-hydrogen) atoms. The normalized spacial score (nSPS) is 12.7. The number of hydrogen-bond acceptors (Lipinski definition) is 3. The third-order valence-electron chi connectivity index (χ3n) is 3.84. The molecule has 1 aliphatic rings. The molecule has 120 valence electrons. The molecule has 0 saturated heterocycles. The molecule has 0 aliphatic carbocycles. The van der Waals surface area contributed by atoms with E-state index >= 15 is 0 Å². The van der Waals surface area contributed by atoms with Crippen LogP contribution in [0.5, 0.6) is 11.5 Å². The molecule has 2 amide bonds. The molecule has 0 bridgehead atoms. The molecular formula is C19H16N2O3. The molecule has 4 rings (SSSR count). The zero-order chi connectivity index (χ0) is 16.4. The van der Waals surface area contributed by atoms with E-state index in [0.29, 0.717) is 30.4 Å². The van der Waals surface area contributed by atoms with Gasteiger partial charge in [-0.3, -0.25) is 0 Å². The number of benzene rings is 3. The minimum absolute atomic E-state index is 0.303. The molecular weight excluding hydrogens is 304 g/mol. The van der Waals surface area contributed by atoms with Gasteiger partial charge in [-0.25, -0.2) is 4.79 Å². The molecule has 2 N–H and O–H groups in total. The first-order chi connectivity index (χ1) is 11.8. The Bertz CT molecular complexity index is 903. The lowest BCUT2D eigenvalue weighted by molar-refractivity contribution is 0.171. The van der Waals surface area contributed by atoms with E-state index in [1.54, 1.807) is 18.2 Å². The average Bonchev–Trinajstić information content (AvgIpc) is 2.62. The lowest BCUT2D eigenvalue weighted by Crippen LogP contribution is -2.20. The summed E-state index contributed by atoms with van der Waals surface area (Å²) in [6.45, 7) is 1.06. The van der Waals surface area contributed by atoms with Crippen LogP contribution in [0.15, 0.2) is 60.7 Å². The number of urea groups is 1. The van der Waals surface area contributed by atoms with E-state index in [9.17, 15) is 4.79 Å². The van der Waals surface area contributed by atoms with Gasteiger partial charge in [0, 0.05) is 17.1 Å². The number of nitrogens with one attached hydrogen (secondary N) is 2. The Hall–Kier alpha value is -3.21. The summed E-state index contributed by atoms with van der Waals surface area (Å²) in [5.41, 5.74) is 1.42. The number of carbonyl (C=O) groups excluding carboxylic acids is 1. The van der Waals surface area contributed by atoms with Gasteiger partial charge in [-0.2, -0.15) is 0 Å². The van der Waals surface area contributed by atoms with Crippen molar-refractivity contribution < 1.29 is 14.3 Å². The minimum Gasteiger partial charge on any atom is -0.486 e. The summed E-state index contributed by atoms with van der Waals surface area (Å²) < 4.78 is 11.0. The van der Waals surface area contributed by atoms with Gasteiger partial charge in [0.25, 0.3) is 0 Å². The van der Waals surface area contributed by atoms with Crippen LogP contribution in [0.1, 0.15) is 0 Å². The molecule has 0 saturated carbocycles. The fourth-order valence-corrected chi connectivity index (χ4v) is 2.74. The Kier molecular flexibility index (Phi) is 3.67. The molecule has 1 aliphatic heterocycles. The van der Waals surface area contributed by atoms with Crippen LogP contribution in [0.4, 0.5) is 16.2 Å². The first-order valence-electron chi connectivity index (χ1n) is 7.75. The smallest absolute Gasteiger partial charge is 0.323 e. The van der Waals surface area contributed by atoms with E-state index in [1.165, 1.54) is 0 Å². The maximum atomic E-state index is 12.3. The highest BCUT2D eigenvalue weighted by Gasteiger charge is 2.13. The highest BCUT2D eigenvalue weighted by Crippen LogP contribution is 2.32. The fraction of sp³-hybridized carbons (Fsp3) is 0.105. The second kappa shape index (κ2) is 6.12. The van der Waals surface area contributed by atoms with Crippen LogP contribution in [-0.4, -0.2) is 19.2 Å². The van der Waals surface area contributed by atoms with Crippen molar-refractivity contribution in [1.82, 2.24) is 0 Å². The Morgan fingerprint density at radius 1 is 0.833 bits per heavy atom. The van der Waals surface area contributed by atoms with Gasteiger partial charge in [0.05, 0.1) is 5.69 Å². The van der Waals surface area contributed by atoms with Gasteiger partial charge in [0.2, 0.25) is 0 Å². The second-order valence-corrected chi connectivity index (χ2v) is 5.46. The topological polar surface area (TPSA) is 59.6 Å². The van der Waals surface area contributed by atoms with Crippen LogP contribution >= 0.6 is 0 Å². The molecule has 0 unspecified atom stereocenters. The molecule has 3 aromatic carbocycles. The van der Waals surface area contributed by atoms with Crippen molar-refractivity contribution in [2.45, 2.75) is 0 Å². The van der Waals surface area contributed by atoms with Crippen LogP contribution in [-0.2, 0) is 0 Å². The second-order valence-electron chi connectivity index (χ2n) is 5.46. The molecule has 0 radical (unpaired) electrons. The van der Waals surface area contributed by atoms with Gasteiger partial charge in [0.1, 0.15) is 13.2 Å². The van der Waals surface area contributed by atoms with Gasteiger partial charge in [0.15, 0.2) is 11.5 Å². The Morgan fingerprint density at radius 3 is 2.54 bits per heavy atom. The van der Waals surface area contributed by atoms with Gasteiger partial charge >= 0.3 is 6.03 Å². The molecule has 0 atom stereocenters. The minimum atomic E-state index is -0.303. The van der Waals surface area contributed by atoms with Gasteiger partial charge in [-0.05, 0) is 23.6 Å². The average molecular weight is 320 g/mol. The van der Waals surface area contributed by atoms with Crippen molar-refractivity contribution in [3.63, 3.8) is 0 Å². The maximum Gasteiger partial charge on any atom is 0.323 e. The molecule has 5 nitrogen and oxygen atoms in total. The SMILES string of the molecule is O=C(Nc1ccc2c(c1)OCCO2)Nc1cccc2ccccc12. The zero-order valence-electron chi connectivity index (χ0n) is 12.9. The molecule has 0 fully saturated rings. The first-order valence-corrected chi connectivity index (χ1v) is 7.75. The quantitative estimate of drug-likeness (QED) is 0.742. The van der Waals surface area contributed by atoms with E-state index in [2.05, 4.69) is 10.6 Å². The third kappa shape index (κ3) is 2.84. The van der Waals surface area contributed by atoms with Crippen molar-refractivity contribution in [2.24, 2.45) is 0 Å². The highest BCUT2D eigenvalue weighted by atomic mass is 16.6. The van der Waals surface area contributed by atoms with Gasteiger partial charge in [-0.15, -0.1) is 0 Å². The summed E-state index contributed by atoms with van der Waals surface area (Å²) in [5.74, 6) is 1.34. The van der Waals surface area contributed by atoms with E-state index in [0.717, 1.165) is 16.5 Å². The molecule has 0 aromatic heterocycles. The first kappa shape index (κ1) is 14.4. The number of ether oxygens (including phenoxy) is 2.